The summed E-state index contributed by atoms with van der Waals surface area (Å²) in [5, 5.41) is 3.00. The Morgan fingerprint density at radius 2 is 1.96 bits per heavy atom. The van der Waals surface area contributed by atoms with Crippen LogP contribution in [0.1, 0.15) is 30.6 Å². The number of methoxy groups -OCH3 is 2. The van der Waals surface area contributed by atoms with Gasteiger partial charge in [0.15, 0.2) is 0 Å². The minimum absolute atomic E-state index is 0.0889. The molecule has 6 heteroatoms. The molecular formula is C19H27NO5. The van der Waals surface area contributed by atoms with Crippen molar-refractivity contribution in [3.63, 3.8) is 0 Å². The van der Waals surface area contributed by atoms with E-state index in [1.807, 2.05) is 19.9 Å². The number of allylic oxidation sites excluding steroid dienone is 1. The van der Waals surface area contributed by atoms with Crippen molar-refractivity contribution in [3.05, 3.63) is 35.4 Å². The van der Waals surface area contributed by atoms with E-state index in [-0.39, 0.29) is 18.1 Å². The van der Waals surface area contributed by atoms with Crippen LogP contribution in [0.5, 0.6) is 11.5 Å². The van der Waals surface area contributed by atoms with Crippen molar-refractivity contribution < 1.29 is 23.7 Å². The summed E-state index contributed by atoms with van der Waals surface area (Å²) in [7, 11) is 3.06. The molecule has 0 radical (unpaired) electrons. The fourth-order valence-electron chi connectivity index (χ4n) is 2.71. The number of carbonyl (C=O) groups is 1. The molecule has 0 spiro atoms. The van der Waals surface area contributed by atoms with Crippen molar-refractivity contribution in [2.75, 3.05) is 34.0 Å². The number of benzene rings is 1. The van der Waals surface area contributed by atoms with Crippen molar-refractivity contribution in [1.82, 2.24) is 5.32 Å². The maximum atomic E-state index is 12.8. The number of carbonyl (C=O) groups excluding carboxylic acids is 1. The first-order valence-corrected chi connectivity index (χ1v) is 8.41. The first-order chi connectivity index (χ1) is 12.1. The van der Waals surface area contributed by atoms with Crippen LogP contribution in [0.2, 0.25) is 0 Å². The van der Waals surface area contributed by atoms with Gasteiger partial charge in [-0.05, 0) is 32.4 Å². The molecule has 138 valence electrons. The summed E-state index contributed by atoms with van der Waals surface area (Å²) in [6.45, 7) is 5.63. The second-order valence-corrected chi connectivity index (χ2v) is 6.13. The SMILES string of the molecule is COc1cccc(OC)c1C(=O)N[C@H]1COCC[C@H]1OCC=C(C)C. The predicted octanol–water partition coefficient (Wildman–Crippen LogP) is 2.57. The Balaban J connectivity index is 2.11. The van der Waals surface area contributed by atoms with Gasteiger partial charge in [0.05, 0.1) is 39.6 Å². The highest BCUT2D eigenvalue weighted by molar-refractivity contribution is 6.00. The Kier molecular flexibility index (Phi) is 7.28. The standard InChI is InChI=1S/C19H27NO5/c1-13(2)8-11-25-15-9-10-24-12-14(15)20-19(21)18-16(22-3)6-5-7-17(18)23-4/h5-8,14-15H,9-12H2,1-4H3,(H,20,21)/t14-,15+/m0/s1. The fraction of sp³-hybridized carbons (Fsp3) is 0.526. The number of amides is 1. The van der Waals surface area contributed by atoms with Gasteiger partial charge in [0.1, 0.15) is 17.1 Å². The molecule has 25 heavy (non-hydrogen) atoms. The number of nitrogens with one attached hydrogen (secondary N) is 1. The van der Waals surface area contributed by atoms with Crippen LogP contribution in [0.3, 0.4) is 0 Å². The van der Waals surface area contributed by atoms with E-state index in [2.05, 4.69) is 5.32 Å². The van der Waals surface area contributed by atoms with Crippen LogP contribution in [0.25, 0.3) is 0 Å². The summed E-state index contributed by atoms with van der Waals surface area (Å²) in [5.41, 5.74) is 1.58. The molecule has 0 saturated carbocycles. The van der Waals surface area contributed by atoms with Crippen molar-refractivity contribution >= 4 is 5.91 Å². The minimum atomic E-state index is -0.263. The molecule has 1 aromatic carbocycles. The van der Waals surface area contributed by atoms with Crippen molar-refractivity contribution in [1.29, 1.82) is 0 Å². The van der Waals surface area contributed by atoms with Gasteiger partial charge < -0.3 is 24.3 Å². The average molecular weight is 349 g/mol. The van der Waals surface area contributed by atoms with Crippen LogP contribution in [-0.2, 0) is 9.47 Å². The summed E-state index contributed by atoms with van der Waals surface area (Å²) < 4.78 is 22.0. The van der Waals surface area contributed by atoms with Gasteiger partial charge >= 0.3 is 0 Å². The Hall–Kier alpha value is -2.05. The maximum absolute atomic E-state index is 12.8. The van der Waals surface area contributed by atoms with Crippen LogP contribution >= 0.6 is 0 Å². The van der Waals surface area contributed by atoms with Crippen molar-refractivity contribution in [2.45, 2.75) is 32.4 Å². The predicted molar refractivity (Wildman–Crippen MR) is 95.4 cm³/mol. The molecule has 0 aromatic heterocycles. The largest absolute Gasteiger partial charge is 0.496 e. The van der Waals surface area contributed by atoms with Crippen molar-refractivity contribution in [2.24, 2.45) is 0 Å². The van der Waals surface area contributed by atoms with Gasteiger partial charge in [0.2, 0.25) is 0 Å². The van der Waals surface area contributed by atoms with Crippen LogP contribution < -0.4 is 14.8 Å². The third-order valence-electron chi connectivity index (χ3n) is 4.07. The van der Waals surface area contributed by atoms with Gasteiger partial charge in [-0.1, -0.05) is 17.7 Å². The van der Waals surface area contributed by atoms with Gasteiger partial charge in [-0.25, -0.2) is 0 Å². The lowest BCUT2D eigenvalue weighted by molar-refractivity contribution is -0.0457. The molecule has 1 fully saturated rings. The second-order valence-electron chi connectivity index (χ2n) is 6.13. The summed E-state index contributed by atoms with van der Waals surface area (Å²) >= 11 is 0. The number of rotatable bonds is 7. The monoisotopic (exact) mass is 349 g/mol. The Bertz CT molecular complexity index is 588. The number of hydrogen-bond donors (Lipinski definition) is 1. The van der Waals surface area contributed by atoms with Crippen molar-refractivity contribution in [3.8, 4) is 11.5 Å². The van der Waals surface area contributed by atoms with E-state index in [0.717, 1.165) is 6.42 Å². The summed E-state index contributed by atoms with van der Waals surface area (Å²) in [6, 6.07) is 5.03. The Morgan fingerprint density at radius 3 is 2.56 bits per heavy atom. The van der Waals surface area contributed by atoms with Gasteiger partial charge in [-0.3, -0.25) is 4.79 Å². The van der Waals surface area contributed by atoms with Gasteiger partial charge in [0.25, 0.3) is 5.91 Å². The molecule has 0 unspecified atom stereocenters. The Labute approximate surface area is 149 Å². The first kappa shape index (κ1) is 19.3. The van der Waals surface area contributed by atoms with Crippen LogP contribution in [0.4, 0.5) is 0 Å². The van der Waals surface area contributed by atoms with E-state index in [0.29, 0.717) is 36.9 Å². The molecule has 1 aliphatic rings. The molecule has 1 aliphatic heterocycles. The highest BCUT2D eigenvalue weighted by Gasteiger charge is 2.29. The Morgan fingerprint density at radius 1 is 1.28 bits per heavy atom. The molecule has 2 rings (SSSR count). The van der Waals surface area contributed by atoms with Crippen LogP contribution in [0, 0.1) is 0 Å². The molecule has 6 nitrogen and oxygen atoms in total. The molecule has 1 N–H and O–H groups in total. The lowest BCUT2D eigenvalue weighted by atomic mass is 10.1. The maximum Gasteiger partial charge on any atom is 0.259 e. The summed E-state index contributed by atoms with van der Waals surface area (Å²) in [4.78, 5) is 12.8. The van der Waals surface area contributed by atoms with E-state index in [9.17, 15) is 4.79 Å². The number of hydrogen-bond acceptors (Lipinski definition) is 5. The lowest BCUT2D eigenvalue weighted by Crippen LogP contribution is -2.50. The zero-order valence-electron chi connectivity index (χ0n) is 15.3. The molecule has 0 aliphatic carbocycles. The van der Waals surface area contributed by atoms with E-state index in [4.69, 9.17) is 18.9 Å². The molecular weight excluding hydrogens is 322 g/mol. The van der Waals surface area contributed by atoms with E-state index in [1.54, 1.807) is 18.2 Å². The summed E-state index contributed by atoms with van der Waals surface area (Å²) in [5.74, 6) is 0.673. The average Bonchev–Trinajstić information content (AvgIpc) is 2.62. The van der Waals surface area contributed by atoms with Gasteiger partial charge in [-0.2, -0.15) is 0 Å². The van der Waals surface area contributed by atoms with Gasteiger partial charge in [-0.15, -0.1) is 0 Å². The molecule has 2 atom stereocenters. The molecule has 1 amide bonds. The molecule has 0 bridgehead atoms. The highest BCUT2D eigenvalue weighted by Crippen LogP contribution is 2.28. The lowest BCUT2D eigenvalue weighted by Gasteiger charge is -2.32. The normalized spacial score (nSPS) is 19.8. The minimum Gasteiger partial charge on any atom is -0.496 e. The number of ether oxygens (including phenoxy) is 4. The van der Waals surface area contributed by atoms with E-state index < -0.39 is 0 Å². The zero-order valence-corrected chi connectivity index (χ0v) is 15.3. The quantitative estimate of drug-likeness (QED) is 0.767. The molecule has 1 saturated heterocycles. The van der Waals surface area contributed by atoms with Crippen LogP contribution in [-0.4, -0.2) is 52.1 Å². The van der Waals surface area contributed by atoms with Gasteiger partial charge in [0, 0.05) is 6.61 Å². The molecule has 1 heterocycles. The van der Waals surface area contributed by atoms with E-state index in [1.165, 1.54) is 19.8 Å². The topological polar surface area (TPSA) is 66.0 Å². The van der Waals surface area contributed by atoms with E-state index >= 15 is 0 Å². The second kappa shape index (κ2) is 9.44. The first-order valence-electron chi connectivity index (χ1n) is 8.41. The third-order valence-corrected chi connectivity index (χ3v) is 4.07. The molecule has 1 aromatic rings. The highest BCUT2D eigenvalue weighted by atomic mass is 16.5. The fourth-order valence-corrected chi connectivity index (χ4v) is 2.71. The zero-order chi connectivity index (χ0) is 18.2. The van der Waals surface area contributed by atoms with Crippen LogP contribution in [0.15, 0.2) is 29.8 Å². The smallest absolute Gasteiger partial charge is 0.259 e. The third kappa shape index (κ3) is 5.21. The summed E-state index contributed by atoms with van der Waals surface area (Å²) in [6.07, 6.45) is 2.68.